The molecule has 0 aromatic carbocycles. The predicted octanol–water partition coefficient (Wildman–Crippen LogP) is 2.17. The van der Waals surface area contributed by atoms with E-state index >= 15 is 0 Å². The summed E-state index contributed by atoms with van der Waals surface area (Å²) in [6, 6.07) is 3.70. The summed E-state index contributed by atoms with van der Waals surface area (Å²) in [6.45, 7) is 2.69. The van der Waals surface area contributed by atoms with Crippen LogP contribution in [-0.2, 0) is 9.59 Å². The molecule has 6 heteroatoms. The van der Waals surface area contributed by atoms with Gasteiger partial charge in [0, 0.05) is 19.6 Å². The Balaban J connectivity index is 1.25. The minimum Gasteiger partial charge on any atom is -0.357 e. The summed E-state index contributed by atoms with van der Waals surface area (Å²) in [6.07, 6.45) is 9.15. The molecule has 4 rings (SSSR count). The van der Waals surface area contributed by atoms with Crippen molar-refractivity contribution in [3.05, 3.63) is 18.3 Å². The molecule has 2 bridgehead atoms. The van der Waals surface area contributed by atoms with Gasteiger partial charge >= 0.3 is 11.8 Å². The lowest BCUT2D eigenvalue weighted by atomic mass is 9.89. The van der Waals surface area contributed by atoms with Crippen molar-refractivity contribution >= 4 is 23.3 Å². The van der Waals surface area contributed by atoms with Crippen molar-refractivity contribution in [2.45, 2.75) is 38.5 Å². The number of carbonyl (C=O) groups is 2. The second kappa shape index (κ2) is 7.02. The van der Waals surface area contributed by atoms with Crippen LogP contribution in [-0.4, -0.2) is 36.4 Å². The number of hydrogen-bond acceptors (Lipinski definition) is 4. The summed E-state index contributed by atoms with van der Waals surface area (Å²) in [5.41, 5.74) is 0.558. The van der Waals surface area contributed by atoms with Crippen LogP contribution < -0.4 is 15.5 Å². The Morgan fingerprint density at radius 1 is 1.12 bits per heavy atom. The fourth-order valence-corrected chi connectivity index (χ4v) is 4.71. The molecule has 6 nitrogen and oxygen atoms in total. The first-order valence-electron chi connectivity index (χ1n) is 9.49. The Hall–Kier alpha value is -2.11. The highest BCUT2D eigenvalue weighted by atomic mass is 16.2. The van der Waals surface area contributed by atoms with Crippen molar-refractivity contribution in [2.75, 3.05) is 29.9 Å². The SMILES string of the molecule is O=C(NC[C@@H]1C[C@H]2CC[C@H]1C2)C(=O)Nc1ccc(N2CCCC2)nc1. The van der Waals surface area contributed by atoms with E-state index in [1.807, 2.05) is 12.1 Å². The van der Waals surface area contributed by atoms with Gasteiger partial charge < -0.3 is 15.5 Å². The quantitative estimate of drug-likeness (QED) is 0.823. The molecule has 2 aliphatic carbocycles. The van der Waals surface area contributed by atoms with Crippen LogP contribution in [0, 0.1) is 17.8 Å². The molecule has 3 fully saturated rings. The van der Waals surface area contributed by atoms with E-state index in [4.69, 9.17) is 0 Å². The number of nitrogens with one attached hydrogen (secondary N) is 2. The van der Waals surface area contributed by atoms with Crippen LogP contribution in [0.2, 0.25) is 0 Å². The third-order valence-corrected chi connectivity index (χ3v) is 6.05. The Morgan fingerprint density at radius 3 is 2.60 bits per heavy atom. The number of nitrogens with zero attached hydrogens (tertiary/aromatic N) is 2. The van der Waals surface area contributed by atoms with Gasteiger partial charge in [-0.1, -0.05) is 6.42 Å². The van der Waals surface area contributed by atoms with Crippen LogP contribution in [0.3, 0.4) is 0 Å². The molecule has 0 unspecified atom stereocenters. The third-order valence-electron chi connectivity index (χ3n) is 6.05. The molecule has 0 spiro atoms. The Kier molecular flexibility index (Phi) is 4.59. The maximum atomic E-state index is 12.1. The van der Waals surface area contributed by atoms with Gasteiger partial charge in [0.2, 0.25) is 0 Å². The molecule has 1 aromatic heterocycles. The maximum Gasteiger partial charge on any atom is 0.313 e. The molecule has 0 radical (unpaired) electrons. The van der Waals surface area contributed by atoms with Crippen LogP contribution in [0.4, 0.5) is 11.5 Å². The molecular formula is C19H26N4O2. The fraction of sp³-hybridized carbons (Fsp3) is 0.632. The van der Waals surface area contributed by atoms with E-state index < -0.39 is 11.8 Å². The van der Waals surface area contributed by atoms with Crippen molar-refractivity contribution in [1.82, 2.24) is 10.3 Å². The van der Waals surface area contributed by atoms with Gasteiger partial charge in [-0.2, -0.15) is 0 Å². The number of hydrogen-bond donors (Lipinski definition) is 2. The average Bonchev–Trinajstić information content (AvgIpc) is 3.37. The molecule has 1 aromatic rings. The summed E-state index contributed by atoms with van der Waals surface area (Å²) in [5.74, 6) is 1.91. The molecule has 1 saturated heterocycles. The molecule has 25 heavy (non-hydrogen) atoms. The van der Waals surface area contributed by atoms with E-state index in [-0.39, 0.29) is 0 Å². The smallest absolute Gasteiger partial charge is 0.313 e. The van der Waals surface area contributed by atoms with Gasteiger partial charge in [-0.25, -0.2) is 4.98 Å². The number of rotatable bonds is 4. The zero-order chi connectivity index (χ0) is 17.2. The van der Waals surface area contributed by atoms with Crippen molar-refractivity contribution < 1.29 is 9.59 Å². The molecule has 134 valence electrons. The van der Waals surface area contributed by atoms with Crippen LogP contribution in [0.15, 0.2) is 18.3 Å². The van der Waals surface area contributed by atoms with E-state index in [1.165, 1.54) is 38.5 Å². The standard InChI is InChI=1S/C19H26N4O2/c24-18(21-11-15-10-13-3-4-14(15)9-13)19(25)22-16-5-6-17(20-12-16)23-7-1-2-8-23/h5-6,12-15H,1-4,7-11H2,(H,21,24)(H,22,25)/t13-,14-,15-/m0/s1. The van der Waals surface area contributed by atoms with Crippen molar-refractivity contribution in [1.29, 1.82) is 0 Å². The van der Waals surface area contributed by atoms with E-state index in [0.717, 1.165) is 30.7 Å². The molecule has 2 saturated carbocycles. The highest BCUT2D eigenvalue weighted by Gasteiger charge is 2.39. The number of anilines is 2. The minimum atomic E-state index is -0.612. The van der Waals surface area contributed by atoms with Gasteiger partial charge in [0.15, 0.2) is 0 Å². The van der Waals surface area contributed by atoms with Gasteiger partial charge in [0.1, 0.15) is 5.82 Å². The Morgan fingerprint density at radius 2 is 1.96 bits per heavy atom. The minimum absolute atomic E-state index is 0.550. The van der Waals surface area contributed by atoms with Crippen molar-refractivity contribution in [3.63, 3.8) is 0 Å². The molecule has 1 aliphatic heterocycles. The molecular weight excluding hydrogens is 316 g/mol. The van der Waals surface area contributed by atoms with Gasteiger partial charge in [0.05, 0.1) is 11.9 Å². The van der Waals surface area contributed by atoms with E-state index in [9.17, 15) is 9.59 Å². The second-order valence-corrected chi connectivity index (χ2v) is 7.70. The highest BCUT2D eigenvalue weighted by molar-refractivity contribution is 6.39. The monoisotopic (exact) mass is 342 g/mol. The summed E-state index contributed by atoms with van der Waals surface area (Å²) < 4.78 is 0. The maximum absolute atomic E-state index is 12.1. The van der Waals surface area contributed by atoms with Gasteiger partial charge in [-0.3, -0.25) is 9.59 Å². The highest BCUT2D eigenvalue weighted by Crippen LogP contribution is 2.47. The number of aromatic nitrogens is 1. The zero-order valence-electron chi connectivity index (χ0n) is 14.5. The Labute approximate surface area is 148 Å². The molecule has 3 aliphatic rings. The molecule has 2 heterocycles. The van der Waals surface area contributed by atoms with Crippen LogP contribution in [0.1, 0.15) is 38.5 Å². The fourth-order valence-electron chi connectivity index (χ4n) is 4.71. The largest absolute Gasteiger partial charge is 0.357 e. The first kappa shape index (κ1) is 16.4. The topological polar surface area (TPSA) is 74.3 Å². The van der Waals surface area contributed by atoms with E-state index in [0.29, 0.717) is 18.2 Å². The van der Waals surface area contributed by atoms with Crippen molar-refractivity contribution in [2.24, 2.45) is 17.8 Å². The number of fused-ring (bicyclic) bond motifs is 2. The number of carbonyl (C=O) groups excluding carboxylic acids is 2. The number of pyridine rings is 1. The summed E-state index contributed by atoms with van der Waals surface area (Å²) in [4.78, 5) is 30.7. The summed E-state index contributed by atoms with van der Waals surface area (Å²) >= 11 is 0. The molecule has 3 atom stereocenters. The van der Waals surface area contributed by atoms with Crippen LogP contribution >= 0.6 is 0 Å². The normalized spacial score (nSPS) is 27.5. The Bertz CT molecular complexity index is 639. The van der Waals surface area contributed by atoms with E-state index in [1.54, 1.807) is 6.20 Å². The first-order valence-corrected chi connectivity index (χ1v) is 9.49. The van der Waals surface area contributed by atoms with Crippen molar-refractivity contribution in [3.8, 4) is 0 Å². The molecule has 2 N–H and O–H groups in total. The lowest BCUT2D eigenvalue weighted by molar-refractivity contribution is -0.136. The van der Waals surface area contributed by atoms with Crippen LogP contribution in [0.5, 0.6) is 0 Å². The predicted molar refractivity (Wildman–Crippen MR) is 96.3 cm³/mol. The van der Waals surface area contributed by atoms with E-state index in [2.05, 4.69) is 20.5 Å². The summed E-state index contributed by atoms with van der Waals surface area (Å²) in [5, 5.41) is 5.44. The second-order valence-electron chi connectivity index (χ2n) is 7.70. The van der Waals surface area contributed by atoms with Gasteiger partial charge in [-0.15, -0.1) is 0 Å². The number of amides is 2. The summed E-state index contributed by atoms with van der Waals surface area (Å²) in [7, 11) is 0. The average molecular weight is 342 g/mol. The van der Waals surface area contributed by atoms with Crippen LogP contribution in [0.25, 0.3) is 0 Å². The molecule has 2 amide bonds. The van der Waals surface area contributed by atoms with Gasteiger partial charge in [0.25, 0.3) is 0 Å². The first-order chi connectivity index (χ1) is 12.2. The third kappa shape index (κ3) is 3.62. The lowest BCUT2D eigenvalue weighted by Crippen LogP contribution is -2.39. The zero-order valence-corrected chi connectivity index (χ0v) is 14.5. The lowest BCUT2D eigenvalue weighted by Gasteiger charge is -2.21. The van der Waals surface area contributed by atoms with Gasteiger partial charge in [-0.05, 0) is 62.0 Å².